The Balaban J connectivity index is 2.07. The monoisotopic (exact) mass is 394 g/mol. The molecule has 0 unspecified atom stereocenters. The van der Waals surface area contributed by atoms with Crippen LogP contribution in [0.5, 0.6) is 5.75 Å². The van der Waals surface area contributed by atoms with Gasteiger partial charge in [-0.2, -0.15) is 5.26 Å². The Hall–Kier alpha value is -3.40. The van der Waals surface area contributed by atoms with Gasteiger partial charge >= 0.3 is 0 Å². The predicted molar refractivity (Wildman–Crippen MR) is 111 cm³/mol. The molecule has 3 N–H and O–H groups in total. The lowest BCUT2D eigenvalue weighted by molar-refractivity contribution is -0.115. The molecule has 1 aromatic heterocycles. The summed E-state index contributed by atoms with van der Waals surface area (Å²) in [5.41, 5.74) is 0.777. The van der Waals surface area contributed by atoms with Crippen LogP contribution in [0.1, 0.15) is 56.2 Å². The molecule has 0 fully saturated rings. The summed E-state index contributed by atoms with van der Waals surface area (Å²) in [7, 11) is 0. The molecule has 1 aromatic carbocycles. The zero-order chi connectivity index (χ0) is 21.8. The third kappa shape index (κ3) is 6.04. The van der Waals surface area contributed by atoms with Crippen molar-refractivity contribution in [2.75, 3.05) is 5.32 Å². The van der Waals surface area contributed by atoms with E-state index in [1.807, 2.05) is 39.0 Å². The molecule has 0 radical (unpaired) electrons. The van der Waals surface area contributed by atoms with Crippen molar-refractivity contribution >= 4 is 17.5 Å². The number of phenolic OH excluding ortho intramolecular Hbond substituents is 1. The van der Waals surface area contributed by atoms with Crippen LogP contribution in [0, 0.1) is 11.3 Å². The minimum Gasteiger partial charge on any atom is -0.508 e. The quantitative estimate of drug-likeness (QED) is 0.720. The summed E-state index contributed by atoms with van der Waals surface area (Å²) in [4.78, 5) is 28.6. The van der Waals surface area contributed by atoms with Gasteiger partial charge in [-0.3, -0.25) is 14.6 Å². The number of hydrogen-bond donors (Lipinski definition) is 3. The molecule has 152 valence electrons. The van der Waals surface area contributed by atoms with Crippen LogP contribution in [0.4, 0.5) is 5.69 Å². The lowest BCUT2D eigenvalue weighted by Crippen LogP contribution is -2.42. The number of carbonyl (C=O) groups is 2. The highest BCUT2D eigenvalue weighted by Gasteiger charge is 2.21. The Morgan fingerprint density at radius 3 is 2.41 bits per heavy atom. The van der Waals surface area contributed by atoms with Crippen LogP contribution in [0.25, 0.3) is 0 Å². The summed E-state index contributed by atoms with van der Waals surface area (Å²) in [6, 6.07) is 10.2. The normalized spacial score (nSPS) is 11.4. The third-order valence-corrected chi connectivity index (χ3v) is 4.22. The number of hydrogen-bond acceptors (Lipinski definition) is 5. The van der Waals surface area contributed by atoms with Crippen molar-refractivity contribution in [3.63, 3.8) is 0 Å². The summed E-state index contributed by atoms with van der Waals surface area (Å²) >= 11 is 0. The summed E-state index contributed by atoms with van der Waals surface area (Å²) in [6.07, 6.45) is 1.48. The van der Waals surface area contributed by atoms with E-state index in [1.165, 1.54) is 12.3 Å². The summed E-state index contributed by atoms with van der Waals surface area (Å²) in [5.74, 6) is -0.635. The van der Waals surface area contributed by atoms with Crippen molar-refractivity contribution in [1.82, 2.24) is 10.3 Å². The molecule has 2 amide bonds. The smallest absolute Gasteiger partial charge is 0.271 e. The van der Waals surface area contributed by atoms with Crippen LogP contribution in [0.15, 0.2) is 36.5 Å². The minimum absolute atomic E-state index is 0.0727. The summed E-state index contributed by atoms with van der Waals surface area (Å²) < 4.78 is 0. The van der Waals surface area contributed by atoms with E-state index in [4.69, 9.17) is 5.26 Å². The second-order valence-electron chi connectivity index (χ2n) is 8.45. The van der Waals surface area contributed by atoms with Crippen molar-refractivity contribution in [3.05, 3.63) is 53.3 Å². The zero-order valence-corrected chi connectivity index (χ0v) is 17.3. The maximum absolute atomic E-state index is 12.4. The fraction of sp³-hybridized carbons (Fsp3) is 0.364. The summed E-state index contributed by atoms with van der Waals surface area (Å²) in [5, 5.41) is 24.5. The van der Waals surface area contributed by atoms with E-state index < -0.39 is 11.4 Å². The van der Waals surface area contributed by atoms with Gasteiger partial charge in [-0.05, 0) is 48.6 Å². The minimum atomic E-state index is -1.03. The Morgan fingerprint density at radius 2 is 1.83 bits per heavy atom. The third-order valence-electron chi connectivity index (χ3n) is 4.22. The van der Waals surface area contributed by atoms with Crippen LogP contribution in [-0.2, 0) is 16.6 Å². The topological polar surface area (TPSA) is 115 Å². The highest BCUT2D eigenvalue weighted by Crippen LogP contribution is 2.31. The van der Waals surface area contributed by atoms with Crippen LogP contribution < -0.4 is 10.6 Å². The maximum atomic E-state index is 12.4. The number of nitrogens with zero attached hydrogens (tertiary/aromatic N) is 2. The number of anilines is 1. The molecule has 0 aliphatic heterocycles. The van der Waals surface area contributed by atoms with Gasteiger partial charge in [0, 0.05) is 11.9 Å². The first-order valence-corrected chi connectivity index (χ1v) is 9.23. The van der Waals surface area contributed by atoms with Gasteiger partial charge in [-0.25, -0.2) is 0 Å². The van der Waals surface area contributed by atoms with Gasteiger partial charge in [0.1, 0.15) is 17.0 Å². The van der Waals surface area contributed by atoms with Gasteiger partial charge in [0.25, 0.3) is 5.91 Å². The number of aromatic nitrogens is 1. The molecule has 0 spiro atoms. The first kappa shape index (κ1) is 21.9. The lowest BCUT2D eigenvalue weighted by atomic mass is 9.85. The van der Waals surface area contributed by atoms with Crippen LogP contribution >= 0.6 is 0 Å². The molecule has 2 aromatic rings. The van der Waals surface area contributed by atoms with E-state index in [0.717, 1.165) is 5.56 Å². The molecule has 0 saturated carbocycles. The van der Waals surface area contributed by atoms with Crippen molar-refractivity contribution < 1.29 is 14.7 Å². The van der Waals surface area contributed by atoms with Gasteiger partial charge in [0.05, 0.1) is 12.5 Å². The molecule has 1 heterocycles. The first-order chi connectivity index (χ1) is 13.4. The zero-order valence-electron chi connectivity index (χ0n) is 17.3. The highest BCUT2D eigenvalue weighted by atomic mass is 16.3. The number of carbonyl (C=O) groups excluding carboxylic acids is 2. The Morgan fingerprint density at radius 1 is 1.14 bits per heavy atom. The highest BCUT2D eigenvalue weighted by molar-refractivity contribution is 5.96. The fourth-order valence-electron chi connectivity index (χ4n) is 2.72. The number of phenols is 1. The SMILES string of the molecule is CC(C)(C#N)NC(=O)c1cc(NC(=O)Cc2ccc(C(C)(C)C)c(O)c2)ccn1. The predicted octanol–water partition coefficient (Wildman–Crippen LogP) is 3.30. The van der Waals surface area contributed by atoms with Crippen molar-refractivity contribution in [2.45, 2.75) is 52.0 Å². The number of nitrogens with one attached hydrogen (secondary N) is 2. The average Bonchev–Trinajstić information content (AvgIpc) is 2.60. The van der Waals surface area contributed by atoms with E-state index in [2.05, 4.69) is 15.6 Å². The number of nitriles is 1. The molecule has 2 rings (SSSR count). The molecular formula is C22H26N4O3. The molecule has 0 saturated heterocycles. The van der Waals surface area contributed by atoms with Crippen molar-refractivity contribution in [3.8, 4) is 11.8 Å². The molecule has 0 bridgehead atoms. The molecular weight excluding hydrogens is 368 g/mol. The van der Waals surface area contributed by atoms with E-state index in [1.54, 1.807) is 26.0 Å². The Labute approximate surface area is 170 Å². The summed E-state index contributed by atoms with van der Waals surface area (Å²) in [6.45, 7) is 9.17. The molecule has 7 nitrogen and oxygen atoms in total. The Bertz CT molecular complexity index is 969. The van der Waals surface area contributed by atoms with Crippen LogP contribution in [-0.4, -0.2) is 27.4 Å². The van der Waals surface area contributed by atoms with E-state index in [9.17, 15) is 14.7 Å². The van der Waals surface area contributed by atoms with Gasteiger partial charge in [0.15, 0.2) is 0 Å². The van der Waals surface area contributed by atoms with Crippen LogP contribution in [0.2, 0.25) is 0 Å². The molecule has 0 aliphatic rings. The van der Waals surface area contributed by atoms with Gasteiger partial charge in [-0.1, -0.05) is 32.9 Å². The number of pyridine rings is 1. The van der Waals surface area contributed by atoms with Crippen molar-refractivity contribution in [1.29, 1.82) is 5.26 Å². The number of rotatable bonds is 5. The second kappa shape index (κ2) is 8.31. The number of aromatic hydroxyl groups is 1. The largest absolute Gasteiger partial charge is 0.508 e. The lowest BCUT2D eigenvalue weighted by Gasteiger charge is -2.20. The van der Waals surface area contributed by atoms with Crippen LogP contribution in [0.3, 0.4) is 0 Å². The van der Waals surface area contributed by atoms with E-state index in [-0.39, 0.29) is 29.2 Å². The van der Waals surface area contributed by atoms with E-state index >= 15 is 0 Å². The standard InChI is InChI=1S/C22H26N4O3/c1-21(2,3)16-7-6-14(10-18(16)27)11-19(28)25-15-8-9-24-17(12-15)20(29)26-22(4,5)13-23/h6-10,12,27H,11H2,1-5H3,(H,26,29)(H,24,25,28). The van der Waals surface area contributed by atoms with E-state index in [0.29, 0.717) is 11.3 Å². The molecule has 29 heavy (non-hydrogen) atoms. The molecule has 7 heteroatoms. The van der Waals surface area contributed by atoms with Gasteiger partial charge in [0.2, 0.25) is 5.91 Å². The first-order valence-electron chi connectivity index (χ1n) is 9.23. The average molecular weight is 394 g/mol. The van der Waals surface area contributed by atoms with Crippen molar-refractivity contribution in [2.24, 2.45) is 0 Å². The van der Waals surface area contributed by atoms with Gasteiger partial charge < -0.3 is 15.7 Å². The fourth-order valence-corrected chi connectivity index (χ4v) is 2.72. The number of benzene rings is 1. The molecule has 0 atom stereocenters. The Kier molecular flexibility index (Phi) is 6.28. The van der Waals surface area contributed by atoms with Gasteiger partial charge in [-0.15, -0.1) is 0 Å². The second-order valence-corrected chi connectivity index (χ2v) is 8.45. The maximum Gasteiger partial charge on any atom is 0.271 e. The molecule has 0 aliphatic carbocycles. The number of amides is 2.